The van der Waals surface area contributed by atoms with Crippen molar-refractivity contribution < 1.29 is 14.4 Å². The van der Waals surface area contributed by atoms with Crippen LogP contribution in [0.2, 0.25) is 0 Å². The first-order valence-electron chi connectivity index (χ1n) is 14.0. The number of carbonyl (C=O) groups is 3. The van der Waals surface area contributed by atoms with Crippen LogP contribution in [0.4, 0.5) is 5.69 Å². The highest BCUT2D eigenvalue weighted by molar-refractivity contribution is 6.05. The maximum Gasteiger partial charge on any atom is 0.245 e. The van der Waals surface area contributed by atoms with Crippen LogP contribution in [0, 0.1) is 5.92 Å². The largest absolute Gasteiger partial charge is 0.353 e. The van der Waals surface area contributed by atoms with E-state index in [4.69, 9.17) is 0 Å². The molecule has 1 unspecified atom stereocenters. The summed E-state index contributed by atoms with van der Waals surface area (Å²) in [5.74, 6) is -0.301. The molecule has 2 N–H and O–H groups in total. The number of nitrogens with zero attached hydrogens (tertiary/aromatic N) is 1. The second-order valence-corrected chi connectivity index (χ2v) is 11.0. The van der Waals surface area contributed by atoms with Gasteiger partial charge in [-0.3, -0.25) is 14.4 Å². The van der Waals surface area contributed by atoms with Crippen LogP contribution in [0.3, 0.4) is 0 Å². The van der Waals surface area contributed by atoms with Crippen LogP contribution in [0.25, 0.3) is 11.1 Å². The molecule has 1 aliphatic carbocycles. The fourth-order valence-corrected chi connectivity index (χ4v) is 5.67. The van der Waals surface area contributed by atoms with E-state index in [0.717, 1.165) is 54.5 Å². The molecule has 2 aromatic carbocycles. The van der Waals surface area contributed by atoms with Gasteiger partial charge in [-0.15, -0.1) is 0 Å². The Morgan fingerprint density at radius 1 is 1.03 bits per heavy atom. The predicted octanol–water partition coefficient (Wildman–Crippen LogP) is 5.57. The van der Waals surface area contributed by atoms with Crippen molar-refractivity contribution >= 4 is 23.4 Å². The highest BCUT2D eigenvalue weighted by atomic mass is 16.2. The standard InChI is InChI=1S/C31H41N3O3/c1-4-5-20-34-27-15-9-8-14-25(27)23-12-6-7-13-24(23)26(29(34)36)21-32-30(37)31(18-10-11-19-31)33-28(35)17-16-22(2)3/h6-9,12-15,22,26H,4-5,10-11,16-21H2,1-3H3,(H,32,37)(H,33,35). The van der Waals surface area contributed by atoms with Crippen molar-refractivity contribution in [2.24, 2.45) is 5.92 Å². The molecule has 0 spiro atoms. The minimum Gasteiger partial charge on any atom is -0.353 e. The van der Waals surface area contributed by atoms with E-state index in [0.29, 0.717) is 31.7 Å². The number of anilines is 1. The topological polar surface area (TPSA) is 78.5 Å². The summed E-state index contributed by atoms with van der Waals surface area (Å²) in [6, 6.07) is 16.1. The number of fused-ring (bicyclic) bond motifs is 3. The molecule has 3 amide bonds. The molecule has 2 aliphatic rings. The van der Waals surface area contributed by atoms with Gasteiger partial charge in [0.1, 0.15) is 5.54 Å². The molecule has 1 heterocycles. The molecular formula is C31H41N3O3. The zero-order chi connectivity index (χ0) is 26.4. The number of hydrogen-bond acceptors (Lipinski definition) is 3. The van der Waals surface area contributed by atoms with Crippen molar-refractivity contribution in [2.45, 2.75) is 83.6 Å². The zero-order valence-corrected chi connectivity index (χ0v) is 22.5. The van der Waals surface area contributed by atoms with E-state index >= 15 is 0 Å². The summed E-state index contributed by atoms with van der Waals surface area (Å²) in [6.07, 6.45) is 6.19. The number of benzene rings is 2. The second-order valence-electron chi connectivity index (χ2n) is 11.0. The summed E-state index contributed by atoms with van der Waals surface area (Å²) >= 11 is 0. The summed E-state index contributed by atoms with van der Waals surface area (Å²) in [5, 5.41) is 6.19. The number of carbonyl (C=O) groups excluding carboxylic acids is 3. The molecular weight excluding hydrogens is 462 g/mol. The van der Waals surface area contributed by atoms with Gasteiger partial charge < -0.3 is 15.5 Å². The van der Waals surface area contributed by atoms with E-state index in [2.05, 4.69) is 43.5 Å². The number of rotatable bonds is 10. The Hall–Kier alpha value is -3.15. The molecule has 37 heavy (non-hydrogen) atoms. The van der Waals surface area contributed by atoms with E-state index in [9.17, 15) is 14.4 Å². The Labute approximate surface area is 221 Å². The second kappa shape index (κ2) is 11.9. The molecule has 0 aromatic heterocycles. The number of amides is 3. The minimum absolute atomic E-state index is 0.00703. The normalized spacial score (nSPS) is 18.2. The van der Waals surface area contributed by atoms with Crippen molar-refractivity contribution in [1.29, 1.82) is 0 Å². The molecule has 6 nitrogen and oxygen atoms in total. The van der Waals surface area contributed by atoms with Crippen LogP contribution in [-0.4, -0.2) is 36.3 Å². The zero-order valence-electron chi connectivity index (χ0n) is 22.5. The highest BCUT2D eigenvalue weighted by Crippen LogP contribution is 2.41. The molecule has 6 heteroatoms. The first-order valence-corrected chi connectivity index (χ1v) is 14.0. The Bertz CT molecular complexity index is 1120. The summed E-state index contributed by atoms with van der Waals surface area (Å²) in [5.41, 5.74) is 3.04. The first kappa shape index (κ1) is 26.9. The summed E-state index contributed by atoms with van der Waals surface area (Å²) in [6.45, 7) is 7.15. The van der Waals surface area contributed by atoms with E-state index in [1.807, 2.05) is 41.3 Å². The smallest absolute Gasteiger partial charge is 0.245 e. The molecule has 2 aromatic rings. The third-order valence-corrected chi connectivity index (χ3v) is 7.81. The average molecular weight is 504 g/mol. The van der Waals surface area contributed by atoms with Gasteiger partial charge in [0, 0.05) is 25.1 Å². The summed E-state index contributed by atoms with van der Waals surface area (Å²) in [7, 11) is 0. The molecule has 1 atom stereocenters. The quantitative estimate of drug-likeness (QED) is 0.445. The van der Waals surface area contributed by atoms with Gasteiger partial charge in [0.05, 0.1) is 11.6 Å². The lowest BCUT2D eigenvalue weighted by molar-refractivity contribution is -0.133. The van der Waals surface area contributed by atoms with Crippen LogP contribution in [0.1, 0.15) is 83.6 Å². The van der Waals surface area contributed by atoms with Gasteiger partial charge in [0.15, 0.2) is 0 Å². The molecule has 1 fully saturated rings. The summed E-state index contributed by atoms with van der Waals surface area (Å²) in [4.78, 5) is 42.2. The van der Waals surface area contributed by atoms with Crippen LogP contribution >= 0.6 is 0 Å². The SMILES string of the molecule is CCCCN1C(=O)C(CNC(=O)C2(NC(=O)CCC(C)C)CCCC2)c2ccccc2-c2ccccc21. The van der Waals surface area contributed by atoms with Gasteiger partial charge in [-0.1, -0.05) is 82.5 Å². The molecule has 0 radical (unpaired) electrons. The maximum absolute atomic E-state index is 14.0. The third kappa shape index (κ3) is 5.89. The molecule has 0 saturated heterocycles. The third-order valence-electron chi connectivity index (χ3n) is 7.81. The van der Waals surface area contributed by atoms with E-state index in [-0.39, 0.29) is 24.3 Å². The lowest BCUT2D eigenvalue weighted by atomic mass is 9.90. The number of para-hydroxylation sites is 1. The minimum atomic E-state index is -0.883. The lowest BCUT2D eigenvalue weighted by Gasteiger charge is -2.31. The fourth-order valence-electron chi connectivity index (χ4n) is 5.67. The number of nitrogens with one attached hydrogen (secondary N) is 2. The van der Waals surface area contributed by atoms with Crippen molar-refractivity contribution in [3.63, 3.8) is 0 Å². The Balaban J connectivity index is 1.58. The van der Waals surface area contributed by atoms with Gasteiger partial charge in [0.2, 0.25) is 17.7 Å². The molecule has 0 bridgehead atoms. The maximum atomic E-state index is 14.0. The van der Waals surface area contributed by atoms with Crippen molar-refractivity contribution in [3.8, 4) is 11.1 Å². The Kier molecular flexibility index (Phi) is 8.67. The van der Waals surface area contributed by atoms with Crippen molar-refractivity contribution in [1.82, 2.24) is 10.6 Å². The van der Waals surface area contributed by atoms with Crippen LogP contribution in [-0.2, 0) is 14.4 Å². The van der Waals surface area contributed by atoms with Crippen LogP contribution in [0.15, 0.2) is 48.5 Å². The average Bonchev–Trinajstić information content (AvgIpc) is 3.34. The fraction of sp³-hybridized carbons (Fsp3) is 0.516. The van der Waals surface area contributed by atoms with Crippen molar-refractivity contribution in [3.05, 3.63) is 54.1 Å². The number of hydrogen-bond donors (Lipinski definition) is 2. The van der Waals surface area contributed by atoms with Gasteiger partial charge in [-0.05, 0) is 48.8 Å². The van der Waals surface area contributed by atoms with Gasteiger partial charge in [-0.2, -0.15) is 0 Å². The van der Waals surface area contributed by atoms with Gasteiger partial charge in [0.25, 0.3) is 0 Å². The molecule has 1 aliphatic heterocycles. The number of unbranched alkanes of at least 4 members (excludes halogenated alkanes) is 1. The first-order chi connectivity index (χ1) is 17.9. The monoisotopic (exact) mass is 503 g/mol. The van der Waals surface area contributed by atoms with Gasteiger partial charge in [-0.25, -0.2) is 0 Å². The lowest BCUT2D eigenvalue weighted by Crippen LogP contribution is -2.58. The Morgan fingerprint density at radius 2 is 1.70 bits per heavy atom. The van der Waals surface area contributed by atoms with Crippen LogP contribution < -0.4 is 15.5 Å². The molecule has 4 rings (SSSR count). The molecule has 198 valence electrons. The highest BCUT2D eigenvalue weighted by Gasteiger charge is 2.43. The predicted molar refractivity (Wildman–Crippen MR) is 148 cm³/mol. The van der Waals surface area contributed by atoms with E-state index in [1.54, 1.807) is 0 Å². The summed E-state index contributed by atoms with van der Waals surface area (Å²) < 4.78 is 0. The van der Waals surface area contributed by atoms with Crippen LogP contribution in [0.5, 0.6) is 0 Å². The molecule has 1 saturated carbocycles. The van der Waals surface area contributed by atoms with Gasteiger partial charge >= 0.3 is 0 Å². The van der Waals surface area contributed by atoms with E-state index < -0.39 is 11.5 Å². The van der Waals surface area contributed by atoms with Crippen molar-refractivity contribution in [2.75, 3.05) is 18.0 Å². The Morgan fingerprint density at radius 3 is 2.41 bits per heavy atom. The van der Waals surface area contributed by atoms with E-state index in [1.165, 1.54) is 0 Å².